The molecule has 0 fully saturated rings. The van der Waals surface area contributed by atoms with Crippen LogP contribution < -0.4 is 4.74 Å². The third-order valence-electron chi connectivity index (χ3n) is 2.78. The highest BCUT2D eigenvalue weighted by atomic mass is 32.2. The summed E-state index contributed by atoms with van der Waals surface area (Å²) >= 11 is 0. The summed E-state index contributed by atoms with van der Waals surface area (Å²) < 4.78 is 33.0. The molecule has 0 saturated carbocycles. The van der Waals surface area contributed by atoms with E-state index in [1.807, 2.05) is 0 Å². The Labute approximate surface area is 111 Å². The van der Waals surface area contributed by atoms with Crippen LogP contribution in [0.4, 0.5) is 0 Å². The molecule has 0 aromatic heterocycles. The van der Waals surface area contributed by atoms with Crippen molar-refractivity contribution in [2.75, 3.05) is 20.0 Å². The Kier molecular flexibility index (Phi) is 3.61. The molecule has 0 unspecified atom stereocenters. The first kappa shape index (κ1) is 13.6. The van der Waals surface area contributed by atoms with Crippen LogP contribution in [-0.4, -0.2) is 34.4 Å². The zero-order chi connectivity index (χ0) is 14.0. The minimum atomic E-state index is -3.32. The number of hydrogen-bond acceptors (Lipinski definition) is 5. The Morgan fingerprint density at radius 3 is 2.63 bits per heavy atom. The molecule has 1 aromatic carbocycles. The van der Waals surface area contributed by atoms with Crippen LogP contribution in [0.15, 0.2) is 34.7 Å². The van der Waals surface area contributed by atoms with E-state index in [1.165, 1.54) is 19.3 Å². The van der Waals surface area contributed by atoms with E-state index in [0.29, 0.717) is 12.2 Å². The first-order valence-corrected chi connectivity index (χ1v) is 7.52. The minimum absolute atomic E-state index is 0.159. The maximum atomic E-state index is 11.6. The van der Waals surface area contributed by atoms with Gasteiger partial charge in [0.05, 0.1) is 7.11 Å². The summed E-state index contributed by atoms with van der Waals surface area (Å²) in [6.45, 7) is 0.287. The molecule has 6 heteroatoms. The van der Waals surface area contributed by atoms with E-state index in [0.717, 1.165) is 17.4 Å². The number of rotatable bonds is 4. The van der Waals surface area contributed by atoms with Crippen molar-refractivity contribution in [2.45, 2.75) is 11.3 Å². The topological polar surface area (TPSA) is 69.7 Å². The Bertz CT molecular complexity index is 643. The highest BCUT2D eigenvalue weighted by molar-refractivity contribution is 7.90. The summed E-state index contributed by atoms with van der Waals surface area (Å²) in [5.41, 5.74) is 1.73. The van der Waals surface area contributed by atoms with Crippen molar-refractivity contribution in [3.63, 3.8) is 0 Å². The predicted octanol–water partition coefficient (Wildman–Crippen LogP) is 1.12. The second kappa shape index (κ2) is 5.05. The number of methoxy groups -OCH3 is 1. The quantitative estimate of drug-likeness (QED) is 0.774. The number of sulfone groups is 1. The number of hydrogen-bond donors (Lipinski definition) is 0. The van der Waals surface area contributed by atoms with Gasteiger partial charge in [-0.3, -0.25) is 0 Å². The van der Waals surface area contributed by atoms with Crippen molar-refractivity contribution in [3.8, 4) is 5.75 Å². The van der Waals surface area contributed by atoms with Gasteiger partial charge in [-0.2, -0.15) is 0 Å². The van der Waals surface area contributed by atoms with Gasteiger partial charge in [0.25, 0.3) is 0 Å². The van der Waals surface area contributed by atoms with Crippen LogP contribution in [0.2, 0.25) is 0 Å². The summed E-state index contributed by atoms with van der Waals surface area (Å²) in [6, 6.07) is 4.89. The molecule has 5 nitrogen and oxygen atoms in total. The Balaban J connectivity index is 2.30. The van der Waals surface area contributed by atoms with Crippen molar-refractivity contribution in [2.24, 2.45) is 0 Å². The number of ether oxygens (including phenoxy) is 2. The molecule has 0 N–H and O–H groups in total. The molecule has 1 heterocycles. The van der Waals surface area contributed by atoms with Crippen molar-refractivity contribution in [1.29, 1.82) is 0 Å². The second-order valence-electron chi connectivity index (χ2n) is 4.34. The lowest BCUT2D eigenvalue weighted by Gasteiger charge is -2.09. The molecular formula is C13H14O5S. The molecule has 0 spiro atoms. The van der Waals surface area contributed by atoms with Crippen molar-refractivity contribution in [1.82, 2.24) is 0 Å². The van der Waals surface area contributed by atoms with E-state index in [9.17, 15) is 13.2 Å². The largest absolute Gasteiger partial charge is 0.495 e. The average molecular weight is 282 g/mol. The van der Waals surface area contributed by atoms with Gasteiger partial charge in [-0.25, -0.2) is 13.2 Å². The van der Waals surface area contributed by atoms with Crippen LogP contribution in [0.5, 0.6) is 5.75 Å². The second-order valence-corrected chi connectivity index (χ2v) is 6.33. The first-order chi connectivity index (χ1) is 8.90. The van der Waals surface area contributed by atoms with Crippen LogP contribution in [0.25, 0.3) is 0 Å². The molecule has 102 valence electrons. The molecule has 1 aliphatic heterocycles. The fourth-order valence-electron chi connectivity index (χ4n) is 1.91. The number of cyclic esters (lactones) is 1. The SMILES string of the molecule is COc1cc(CC2=CC(=O)OC2)ccc1S(C)(=O)=O. The predicted molar refractivity (Wildman–Crippen MR) is 68.8 cm³/mol. The van der Waals surface area contributed by atoms with Gasteiger partial charge >= 0.3 is 5.97 Å². The van der Waals surface area contributed by atoms with Gasteiger partial charge in [0, 0.05) is 12.3 Å². The van der Waals surface area contributed by atoms with Crippen LogP contribution >= 0.6 is 0 Å². The fourth-order valence-corrected chi connectivity index (χ4v) is 2.73. The highest BCUT2D eigenvalue weighted by Crippen LogP contribution is 2.26. The van der Waals surface area contributed by atoms with Gasteiger partial charge in [-0.15, -0.1) is 0 Å². The Morgan fingerprint density at radius 1 is 1.37 bits per heavy atom. The summed E-state index contributed by atoms with van der Waals surface area (Å²) in [6.07, 6.45) is 3.12. The lowest BCUT2D eigenvalue weighted by atomic mass is 10.1. The van der Waals surface area contributed by atoms with Gasteiger partial charge in [0.2, 0.25) is 0 Å². The summed E-state index contributed by atoms with van der Waals surface area (Å²) in [7, 11) is -1.89. The molecular weight excluding hydrogens is 268 g/mol. The van der Waals surface area contributed by atoms with Gasteiger partial charge < -0.3 is 9.47 Å². The van der Waals surface area contributed by atoms with Crippen molar-refractivity contribution in [3.05, 3.63) is 35.4 Å². The lowest BCUT2D eigenvalue weighted by Crippen LogP contribution is -2.02. The van der Waals surface area contributed by atoms with Crippen LogP contribution in [0.3, 0.4) is 0 Å². The van der Waals surface area contributed by atoms with Crippen molar-refractivity contribution < 1.29 is 22.7 Å². The van der Waals surface area contributed by atoms with Crippen LogP contribution in [0, 0.1) is 0 Å². The van der Waals surface area contributed by atoms with Gasteiger partial charge in [-0.05, 0) is 29.7 Å². The molecule has 0 amide bonds. The van der Waals surface area contributed by atoms with Gasteiger partial charge in [0.1, 0.15) is 17.3 Å². The molecule has 2 rings (SSSR count). The monoisotopic (exact) mass is 282 g/mol. The molecule has 0 saturated heterocycles. The van der Waals surface area contributed by atoms with Gasteiger partial charge in [0.15, 0.2) is 9.84 Å². The number of carbonyl (C=O) groups excluding carboxylic acids is 1. The normalized spacial score (nSPS) is 15.1. The highest BCUT2D eigenvalue weighted by Gasteiger charge is 2.17. The van der Waals surface area contributed by atoms with Crippen LogP contribution in [-0.2, 0) is 25.8 Å². The van der Waals surface area contributed by atoms with E-state index in [-0.39, 0.29) is 17.5 Å². The fraction of sp³-hybridized carbons (Fsp3) is 0.308. The third kappa shape index (κ3) is 3.14. The van der Waals surface area contributed by atoms with E-state index in [2.05, 4.69) is 0 Å². The third-order valence-corrected chi connectivity index (χ3v) is 3.92. The van der Waals surface area contributed by atoms with E-state index < -0.39 is 9.84 Å². The lowest BCUT2D eigenvalue weighted by molar-refractivity contribution is -0.134. The van der Waals surface area contributed by atoms with E-state index in [1.54, 1.807) is 12.1 Å². The Hall–Kier alpha value is -1.82. The number of esters is 1. The molecule has 1 aliphatic rings. The standard InChI is InChI=1S/C13H14O5S/c1-17-11-6-9(3-4-12(11)19(2,15)16)5-10-7-13(14)18-8-10/h3-4,6-7H,5,8H2,1-2H3. The summed E-state index contributed by atoms with van der Waals surface area (Å²) in [5, 5.41) is 0. The zero-order valence-corrected chi connectivity index (χ0v) is 11.5. The summed E-state index contributed by atoms with van der Waals surface area (Å²) in [4.78, 5) is 11.1. The van der Waals surface area contributed by atoms with Crippen LogP contribution in [0.1, 0.15) is 5.56 Å². The molecule has 0 atom stereocenters. The Morgan fingerprint density at radius 2 is 2.11 bits per heavy atom. The average Bonchev–Trinajstić information content (AvgIpc) is 2.73. The molecule has 0 aliphatic carbocycles. The van der Waals surface area contributed by atoms with Gasteiger partial charge in [-0.1, -0.05) is 6.07 Å². The molecule has 1 aromatic rings. The first-order valence-electron chi connectivity index (χ1n) is 5.63. The number of benzene rings is 1. The molecule has 0 bridgehead atoms. The number of carbonyl (C=O) groups is 1. The molecule has 0 radical (unpaired) electrons. The molecule has 19 heavy (non-hydrogen) atoms. The van der Waals surface area contributed by atoms with E-state index >= 15 is 0 Å². The maximum Gasteiger partial charge on any atom is 0.331 e. The maximum absolute atomic E-state index is 11.6. The van der Waals surface area contributed by atoms with E-state index in [4.69, 9.17) is 9.47 Å². The zero-order valence-electron chi connectivity index (χ0n) is 10.7. The van der Waals surface area contributed by atoms with Crippen molar-refractivity contribution >= 4 is 15.8 Å². The summed E-state index contributed by atoms with van der Waals surface area (Å²) in [5.74, 6) is -0.0273. The minimum Gasteiger partial charge on any atom is -0.495 e. The smallest absolute Gasteiger partial charge is 0.331 e.